The van der Waals surface area contributed by atoms with Gasteiger partial charge in [0.15, 0.2) is 0 Å². The first kappa shape index (κ1) is 19.2. The second kappa shape index (κ2) is 7.59. The zero-order valence-electron chi connectivity index (χ0n) is 17.9. The number of benzene rings is 1. The van der Waals surface area contributed by atoms with Gasteiger partial charge in [-0.1, -0.05) is 36.3 Å². The van der Waals surface area contributed by atoms with Crippen LogP contribution in [0, 0.1) is 11.8 Å². The van der Waals surface area contributed by atoms with Gasteiger partial charge in [-0.25, -0.2) is 5.10 Å². The highest BCUT2D eigenvalue weighted by Crippen LogP contribution is 2.45. The molecule has 1 aliphatic carbocycles. The summed E-state index contributed by atoms with van der Waals surface area (Å²) < 4.78 is 0. The quantitative estimate of drug-likeness (QED) is 0.762. The number of aromatic nitrogens is 2. The maximum atomic E-state index is 13.5. The molecule has 6 heteroatoms. The molecular weight excluding hydrogens is 388 g/mol. The van der Waals surface area contributed by atoms with E-state index in [2.05, 4.69) is 26.1 Å². The smallest absolute Gasteiger partial charge is 0.272 e. The van der Waals surface area contributed by atoms with Gasteiger partial charge in [-0.15, -0.1) is 0 Å². The summed E-state index contributed by atoms with van der Waals surface area (Å²) in [5, 5.41) is 8.22. The van der Waals surface area contributed by atoms with Gasteiger partial charge in [-0.2, -0.15) is 5.10 Å². The van der Waals surface area contributed by atoms with E-state index in [4.69, 9.17) is 0 Å². The Morgan fingerprint density at radius 3 is 2.90 bits per heavy atom. The molecule has 6 rings (SSSR count). The van der Waals surface area contributed by atoms with Crippen LogP contribution in [0.25, 0.3) is 10.8 Å². The van der Waals surface area contributed by atoms with E-state index in [1.165, 1.54) is 37.8 Å². The second-order valence-corrected chi connectivity index (χ2v) is 9.82. The van der Waals surface area contributed by atoms with Crippen LogP contribution in [-0.2, 0) is 11.2 Å². The predicted octanol–water partition coefficient (Wildman–Crippen LogP) is 2.89. The molecule has 0 unspecified atom stereocenters. The van der Waals surface area contributed by atoms with E-state index in [1.807, 2.05) is 18.2 Å². The Kier molecular flexibility index (Phi) is 4.71. The van der Waals surface area contributed by atoms with Crippen LogP contribution < -0.4 is 5.56 Å². The zero-order chi connectivity index (χ0) is 20.9. The fourth-order valence-corrected chi connectivity index (χ4v) is 6.80. The van der Waals surface area contributed by atoms with Crippen LogP contribution in [0.1, 0.15) is 44.2 Å². The minimum atomic E-state index is -0.202. The van der Waals surface area contributed by atoms with E-state index in [0.29, 0.717) is 22.9 Å². The van der Waals surface area contributed by atoms with Gasteiger partial charge in [0.05, 0.1) is 23.5 Å². The minimum Gasteiger partial charge on any atom is -0.335 e. The van der Waals surface area contributed by atoms with E-state index >= 15 is 0 Å². The van der Waals surface area contributed by atoms with E-state index in [1.54, 1.807) is 6.07 Å². The highest BCUT2D eigenvalue weighted by molar-refractivity contribution is 5.88. The van der Waals surface area contributed by atoms with Gasteiger partial charge in [0.1, 0.15) is 0 Å². The monoisotopic (exact) mass is 418 g/mol. The molecule has 1 N–H and O–H groups in total. The van der Waals surface area contributed by atoms with E-state index in [9.17, 15) is 9.59 Å². The van der Waals surface area contributed by atoms with Gasteiger partial charge in [0, 0.05) is 24.5 Å². The molecule has 31 heavy (non-hydrogen) atoms. The molecule has 0 saturated carbocycles. The third kappa shape index (κ3) is 3.23. The lowest BCUT2D eigenvalue weighted by molar-refractivity contribution is -0.135. The van der Waals surface area contributed by atoms with Crippen molar-refractivity contribution in [3.05, 3.63) is 52.0 Å². The maximum Gasteiger partial charge on any atom is 0.272 e. The molecular formula is C25H30N4O2. The molecule has 1 aromatic heterocycles. The Bertz CT molecular complexity index is 1110. The van der Waals surface area contributed by atoms with Gasteiger partial charge >= 0.3 is 0 Å². The minimum absolute atomic E-state index is 0.138. The number of aromatic amines is 1. The van der Waals surface area contributed by atoms with Crippen molar-refractivity contribution in [2.24, 2.45) is 11.8 Å². The molecule has 4 atom stereocenters. The van der Waals surface area contributed by atoms with Crippen LogP contribution in [0.4, 0.5) is 0 Å². The van der Waals surface area contributed by atoms with E-state index in [-0.39, 0.29) is 23.9 Å². The fourth-order valence-electron chi connectivity index (χ4n) is 6.80. The van der Waals surface area contributed by atoms with Crippen LogP contribution in [0.5, 0.6) is 0 Å². The lowest BCUT2D eigenvalue weighted by atomic mass is 9.68. The summed E-state index contributed by atoms with van der Waals surface area (Å²) in [5.74, 6) is 1.36. The van der Waals surface area contributed by atoms with E-state index < -0.39 is 0 Å². The molecule has 0 spiro atoms. The number of fused-ring (bicyclic) bond motifs is 7. The molecule has 0 radical (unpaired) electrons. The molecule has 2 bridgehead atoms. The number of piperidine rings is 3. The Balaban J connectivity index is 1.29. The van der Waals surface area contributed by atoms with Crippen molar-refractivity contribution in [3.8, 4) is 0 Å². The molecule has 4 heterocycles. The number of carbonyl (C=O) groups is 1. The average Bonchev–Trinajstić information content (AvgIpc) is 2.81. The molecule has 4 aliphatic rings. The van der Waals surface area contributed by atoms with Crippen molar-refractivity contribution in [3.63, 3.8) is 0 Å². The third-order valence-corrected chi connectivity index (χ3v) is 8.07. The number of carbonyl (C=O) groups excluding carboxylic acids is 1. The van der Waals surface area contributed by atoms with Crippen molar-refractivity contribution in [2.45, 2.75) is 57.0 Å². The Morgan fingerprint density at radius 1 is 1.13 bits per heavy atom. The SMILES string of the molecule is O=C(Cc1n[nH]c(=O)c2ccccc12)N1CCCC2=C[C@H]3C[C@H](CN4CCCC[C@@H]34)[C@@H]21. The van der Waals surface area contributed by atoms with Crippen molar-refractivity contribution in [1.29, 1.82) is 0 Å². The van der Waals surface area contributed by atoms with Gasteiger partial charge < -0.3 is 4.90 Å². The Labute approximate surface area is 182 Å². The van der Waals surface area contributed by atoms with Crippen LogP contribution >= 0.6 is 0 Å². The third-order valence-electron chi connectivity index (χ3n) is 8.07. The van der Waals surface area contributed by atoms with Crippen molar-refractivity contribution in [2.75, 3.05) is 19.6 Å². The van der Waals surface area contributed by atoms with Crippen molar-refractivity contribution in [1.82, 2.24) is 20.0 Å². The number of likely N-dealkylation sites (tertiary alicyclic amines) is 1. The second-order valence-electron chi connectivity index (χ2n) is 9.82. The van der Waals surface area contributed by atoms with Crippen LogP contribution in [-0.4, -0.2) is 57.6 Å². The lowest BCUT2D eigenvalue weighted by Crippen LogP contribution is -2.60. The summed E-state index contributed by atoms with van der Waals surface area (Å²) in [6, 6.07) is 8.40. The van der Waals surface area contributed by atoms with Crippen molar-refractivity contribution >= 4 is 16.7 Å². The summed E-state index contributed by atoms with van der Waals surface area (Å²) in [6.45, 7) is 3.17. The van der Waals surface area contributed by atoms with Crippen LogP contribution in [0.15, 0.2) is 40.7 Å². The lowest BCUT2D eigenvalue weighted by Gasteiger charge is -2.54. The largest absolute Gasteiger partial charge is 0.335 e. The first-order chi connectivity index (χ1) is 15.2. The molecule has 162 valence electrons. The summed E-state index contributed by atoms with van der Waals surface area (Å²) in [5.41, 5.74) is 1.97. The predicted molar refractivity (Wildman–Crippen MR) is 120 cm³/mol. The average molecular weight is 419 g/mol. The molecule has 3 aliphatic heterocycles. The number of nitrogens with one attached hydrogen (secondary N) is 1. The fraction of sp³-hybridized carbons (Fsp3) is 0.560. The number of rotatable bonds is 2. The molecule has 3 saturated heterocycles. The number of nitrogens with zero attached hydrogens (tertiary/aromatic N) is 3. The molecule has 1 aromatic carbocycles. The normalized spacial score (nSPS) is 30.5. The Hall–Kier alpha value is -2.47. The topological polar surface area (TPSA) is 69.3 Å². The summed E-state index contributed by atoms with van der Waals surface area (Å²) in [7, 11) is 0. The standard InChI is InChI=1S/C25H30N4O2/c30-23(14-21-19-7-1-2-8-20(19)25(31)27-26-21)29-11-5-6-16-12-17-13-18(24(16)29)15-28-10-4-3-9-22(17)28/h1-2,7-8,12,17-18,22,24H,3-6,9-11,13-15H2,(H,27,31)/t17-,18+,22-,24+/m0/s1. The zero-order valence-corrected chi connectivity index (χ0v) is 17.9. The summed E-state index contributed by atoms with van der Waals surface area (Å²) in [4.78, 5) is 30.5. The van der Waals surface area contributed by atoms with E-state index in [0.717, 1.165) is 37.4 Å². The van der Waals surface area contributed by atoms with Crippen LogP contribution in [0.3, 0.4) is 0 Å². The van der Waals surface area contributed by atoms with Crippen molar-refractivity contribution < 1.29 is 4.79 Å². The number of H-pyrrole nitrogens is 1. The number of amides is 1. The maximum absolute atomic E-state index is 13.5. The number of hydrogen-bond donors (Lipinski definition) is 1. The summed E-state index contributed by atoms with van der Waals surface area (Å²) >= 11 is 0. The van der Waals surface area contributed by atoms with Gasteiger partial charge in [-0.05, 0) is 56.6 Å². The first-order valence-electron chi connectivity index (χ1n) is 11.9. The van der Waals surface area contributed by atoms with Gasteiger partial charge in [0.2, 0.25) is 5.91 Å². The van der Waals surface area contributed by atoms with Gasteiger partial charge in [0.25, 0.3) is 5.56 Å². The molecule has 3 fully saturated rings. The Morgan fingerprint density at radius 2 is 2.00 bits per heavy atom. The molecule has 1 amide bonds. The molecule has 2 aromatic rings. The first-order valence-corrected chi connectivity index (χ1v) is 11.9. The highest BCUT2D eigenvalue weighted by atomic mass is 16.2. The van der Waals surface area contributed by atoms with Gasteiger partial charge in [-0.3, -0.25) is 14.5 Å². The highest BCUT2D eigenvalue weighted by Gasteiger charge is 2.46. The molecule has 6 nitrogen and oxygen atoms in total. The van der Waals surface area contributed by atoms with Crippen LogP contribution in [0.2, 0.25) is 0 Å². The number of hydrogen-bond acceptors (Lipinski definition) is 4. The summed E-state index contributed by atoms with van der Waals surface area (Å²) in [6.07, 6.45) is 10.2.